The first kappa shape index (κ1) is 42.5. The highest BCUT2D eigenvalue weighted by Gasteiger charge is 2.22. The number of unbranched alkanes of at least 4 members (excludes halogenated alkanes) is 2. The number of piperidine rings is 1. The smallest absolute Gasteiger partial charge is 0.407 e. The number of para-hydroxylation sites is 1. The van der Waals surface area contributed by atoms with E-state index in [-0.39, 0.29) is 18.4 Å². The second-order valence-corrected chi connectivity index (χ2v) is 15.1. The zero-order valence-electron chi connectivity index (χ0n) is 33.5. The van der Waals surface area contributed by atoms with Crippen LogP contribution < -0.4 is 29.7 Å². The molecule has 12 heteroatoms. The van der Waals surface area contributed by atoms with Gasteiger partial charge in [-0.1, -0.05) is 25.1 Å². The lowest BCUT2D eigenvalue weighted by atomic mass is 9.99. The van der Waals surface area contributed by atoms with Gasteiger partial charge in [0.25, 0.3) is 11.8 Å². The molecule has 1 saturated heterocycles. The third-order valence-corrected chi connectivity index (χ3v) is 9.29. The Morgan fingerprint density at radius 1 is 0.855 bits per heavy atom. The molecular weight excluding hydrogens is 700 g/mol. The second-order valence-electron chi connectivity index (χ2n) is 15.1. The maximum Gasteiger partial charge on any atom is 0.407 e. The van der Waals surface area contributed by atoms with Crippen molar-refractivity contribution in [2.24, 2.45) is 5.92 Å². The minimum atomic E-state index is -0.584. The van der Waals surface area contributed by atoms with Crippen molar-refractivity contribution in [2.45, 2.75) is 85.2 Å². The molecule has 0 radical (unpaired) electrons. The lowest BCUT2D eigenvalue weighted by Crippen LogP contribution is -2.37. The first-order valence-electron chi connectivity index (χ1n) is 19.2. The summed E-state index contributed by atoms with van der Waals surface area (Å²) in [5.74, 6) is 1.55. The Labute approximate surface area is 325 Å². The number of nitrogens with zero attached hydrogens (tertiary/aromatic N) is 2. The molecule has 3 aromatic rings. The summed E-state index contributed by atoms with van der Waals surface area (Å²) in [6, 6.07) is 17.4. The van der Waals surface area contributed by atoms with Crippen LogP contribution in [0.15, 0.2) is 60.7 Å². The third-order valence-electron chi connectivity index (χ3n) is 9.29. The molecule has 4 amide bonds. The summed E-state index contributed by atoms with van der Waals surface area (Å²) in [6.45, 7) is 12.4. The number of aryl methyl sites for hydroxylation is 1. The number of alkyl carbamates (subject to hydrolysis) is 1. The maximum absolute atomic E-state index is 13.8. The number of hydrogen-bond donors (Lipinski definition) is 2. The standard InChI is InChI=1S/C43H58N4O8/c1-30-21-24-47(25-22-30)39(48)16-9-8-12-26-54-38-28-31(2)17-20-35(38)46(6)41(50)32-18-19-34(37(29-32)52-7)45-40(49)33-14-10-11-15-36(33)53-27-13-23-44-42(51)55-43(3,4)5/h10-11,14-15,17-20,28-30H,8-9,12-13,16,21-27H2,1-7H3,(H,44,51)(H,45,49). The summed E-state index contributed by atoms with van der Waals surface area (Å²) >= 11 is 0. The normalized spacial score (nSPS) is 13.1. The highest BCUT2D eigenvalue weighted by molar-refractivity contribution is 6.09. The molecule has 55 heavy (non-hydrogen) atoms. The number of nitrogens with one attached hydrogen (secondary N) is 2. The van der Waals surface area contributed by atoms with Gasteiger partial charge in [-0.15, -0.1) is 0 Å². The molecule has 2 N–H and O–H groups in total. The summed E-state index contributed by atoms with van der Waals surface area (Å²) in [7, 11) is 3.17. The van der Waals surface area contributed by atoms with Crippen LogP contribution in [0.25, 0.3) is 0 Å². The average Bonchev–Trinajstić information content (AvgIpc) is 3.15. The Morgan fingerprint density at radius 3 is 2.29 bits per heavy atom. The van der Waals surface area contributed by atoms with Crippen molar-refractivity contribution in [2.75, 3.05) is 57.2 Å². The predicted molar refractivity (Wildman–Crippen MR) is 215 cm³/mol. The van der Waals surface area contributed by atoms with E-state index in [0.29, 0.717) is 71.7 Å². The molecule has 0 bridgehead atoms. The Kier molecular flexibility index (Phi) is 15.8. The van der Waals surface area contributed by atoms with Crippen LogP contribution in [0.2, 0.25) is 0 Å². The van der Waals surface area contributed by atoms with Crippen LogP contribution in [0.4, 0.5) is 16.2 Å². The number of likely N-dealkylation sites (tertiary alicyclic amines) is 1. The Balaban J connectivity index is 1.31. The van der Waals surface area contributed by atoms with Gasteiger partial charge in [-0.2, -0.15) is 0 Å². The molecule has 1 aliphatic heterocycles. The zero-order chi connectivity index (χ0) is 40.0. The van der Waals surface area contributed by atoms with Gasteiger partial charge in [0, 0.05) is 38.7 Å². The lowest BCUT2D eigenvalue weighted by molar-refractivity contribution is -0.132. The molecule has 1 heterocycles. The van der Waals surface area contributed by atoms with E-state index in [2.05, 4.69) is 17.6 Å². The average molecular weight is 759 g/mol. The first-order valence-corrected chi connectivity index (χ1v) is 19.2. The molecule has 0 unspecified atom stereocenters. The predicted octanol–water partition coefficient (Wildman–Crippen LogP) is 8.02. The van der Waals surface area contributed by atoms with Crippen LogP contribution in [0, 0.1) is 12.8 Å². The van der Waals surface area contributed by atoms with Gasteiger partial charge in [0.05, 0.1) is 37.3 Å². The number of amides is 4. The molecule has 1 fully saturated rings. The van der Waals surface area contributed by atoms with Gasteiger partial charge in [-0.25, -0.2) is 4.79 Å². The van der Waals surface area contributed by atoms with Gasteiger partial charge < -0.3 is 39.4 Å². The van der Waals surface area contributed by atoms with E-state index >= 15 is 0 Å². The summed E-state index contributed by atoms with van der Waals surface area (Å²) < 4.78 is 22.9. The minimum Gasteiger partial charge on any atom is -0.495 e. The Morgan fingerprint density at radius 2 is 1.56 bits per heavy atom. The number of benzene rings is 3. The fourth-order valence-corrected chi connectivity index (χ4v) is 6.13. The molecule has 4 rings (SSSR count). The fraction of sp³-hybridized carbons (Fsp3) is 0.488. The van der Waals surface area contributed by atoms with Crippen molar-refractivity contribution in [1.82, 2.24) is 10.2 Å². The molecule has 1 aliphatic rings. The Bertz CT molecular complexity index is 1760. The molecule has 0 saturated carbocycles. The molecule has 0 spiro atoms. The van der Waals surface area contributed by atoms with Crippen LogP contribution in [-0.2, 0) is 9.53 Å². The van der Waals surface area contributed by atoms with Crippen molar-refractivity contribution in [3.63, 3.8) is 0 Å². The van der Waals surface area contributed by atoms with Crippen LogP contribution >= 0.6 is 0 Å². The first-order chi connectivity index (χ1) is 26.3. The van der Waals surface area contributed by atoms with E-state index < -0.39 is 17.6 Å². The molecule has 0 aromatic heterocycles. The highest BCUT2D eigenvalue weighted by atomic mass is 16.6. The van der Waals surface area contributed by atoms with Crippen LogP contribution in [0.1, 0.15) is 98.9 Å². The van der Waals surface area contributed by atoms with E-state index in [0.717, 1.165) is 50.8 Å². The van der Waals surface area contributed by atoms with Crippen molar-refractivity contribution in [1.29, 1.82) is 0 Å². The molecule has 0 aliphatic carbocycles. The number of hydrogen-bond acceptors (Lipinski definition) is 8. The summed E-state index contributed by atoms with van der Waals surface area (Å²) in [5, 5.41) is 5.57. The van der Waals surface area contributed by atoms with E-state index in [1.165, 1.54) is 12.0 Å². The quantitative estimate of drug-likeness (QED) is 0.132. The molecule has 0 atom stereocenters. The van der Waals surface area contributed by atoms with Gasteiger partial charge in [0.2, 0.25) is 5.91 Å². The summed E-state index contributed by atoms with van der Waals surface area (Å²) in [5.41, 5.74) is 2.11. The number of carbonyl (C=O) groups is 4. The number of methoxy groups -OCH3 is 1. The SMILES string of the molecule is COc1cc(C(=O)N(C)c2ccc(C)cc2OCCCCCC(=O)N2CCC(C)CC2)ccc1NC(=O)c1ccccc1OCCCNC(=O)OC(C)(C)C. The van der Waals surface area contributed by atoms with E-state index in [9.17, 15) is 19.2 Å². The number of anilines is 2. The lowest BCUT2D eigenvalue weighted by Gasteiger charge is -2.30. The van der Waals surface area contributed by atoms with Gasteiger partial charge in [-0.05, 0) is 120 Å². The van der Waals surface area contributed by atoms with Crippen molar-refractivity contribution >= 4 is 35.2 Å². The van der Waals surface area contributed by atoms with Gasteiger partial charge in [0.1, 0.15) is 22.8 Å². The fourth-order valence-electron chi connectivity index (χ4n) is 6.13. The van der Waals surface area contributed by atoms with E-state index in [1.807, 2.05) is 30.0 Å². The van der Waals surface area contributed by atoms with Crippen molar-refractivity contribution < 1.29 is 38.1 Å². The highest BCUT2D eigenvalue weighted by Crippen LogP contribution is 2.32. The third kappa shape index (κ3) is 13.2. The minimum absolute atomic E-state index is 0.246. The molecular formula is C43H58N4O8. The summed E-state index contributed by atoms with van der Waals surface area (Å²) in [6.07, 6.45) is 5.23. The van der Waals surface area contributed by atoms with Crippen molar-refractivity contribution in [3.05, 3.63) is 77.4 Å². The molecule has 3 aromatic carbocycles. The molecule has 298 valence electrons. The van der Waals surface area contributed by atoms with Gasteiger partial charge in [0.15, 0.2) is 0 Å². The topological polar surface area (TPSA) is 136 Å². The monoisotopic (exact) mass is 758 g/mol. The number of carbonyl (C=O) groups excluding carboxylic acids is 4. The maximum atomic E-state index is 13.8. The van der Waals surface area contributed by atoms with Crippen LogP contribution in [0.3, 0.4) is 0 Å². The number of ether oxygens (including phenoxy) is 4. The van der Waals surface area contributed by atoms with E-state index in [4.69, 9.17) is 18.9 Å². The van der Waals surface area contributed by atoms with Gasteiger partial charge in [-0.3, -0.25) is 14.4 Å². The Hall–Kier alpha value is -5.26. The zero-order valence-corrected chi connectivity index (χ0v) is 33.5. The van der Waals surface area contributed by atoms with Crippen LogP contribution in [0.5, 0.6) is 17.2 Å². The van der Waals surface area contributed by atoms with Gasteiger partial charge >= 0.3 is 6.09 Å². The van der Waals surface area contributed by atoms with E-state index in [1.54, 1.807) is 70.3 Å². The number of rotatable bonds is 17. The second kappa shape index (κ2) is 20.4. The largest absolute Gasteiger partial charge is 0.495 e. The summed E-state index contributed by atoms with van der Waals surface area (Å²) in [4.78, 5) is 55.2. The van der Waals surface area contributed by atoms with Crippen LogP contribution in [-0.4, -0.2) is 81.3 Å². The molecule has 12 nitrogen and oxygen atoms in total. The van der Waals surface area contributed by atoms with Crippen molar-refractivity contribution in [3.8, 4) is 17.2 Å².